The van der Waals surface area contributed by atoms with Crippen LogP contribution in [0, 0.1) is 0 Å². The minimum atomic E-state index is 0.174. The predicted octanol–water partition coefficient (Wildman–Crippen LogP) is 0.399. The highest BCUT2D eigenvalue weighted by molar-refractivity contribution is 7.99. The largest absolute Gasteiger partial charge is 0.383 e. The summed E-state index contributed by atoms with van der Waals surface area (Å²) in [6.07, 6.45) is 1.30. The normalized spacial score (nSPS) is 22.6. The second-order valence-electron chi connectivity index (χ2n) is 3.48. The standard InChI is InChI=1S/C9H20N2OS/c1-12-8-9(10)7-11-3-2-5-13-6-4-11/h9H,2-8,10H2,1H3. The van der Waals surface area contributed by atoms with Gasteiger partial charge in [0.2, 0.25) is 0 Å². The van der Waals surface area contributed by atoms with E-state index in [1.807, 2.05) is 11.8 Å². The van der Waals surface area contributed by atoms with Crippen molar-refractivity contribution in [3.8, 4) is 0 Å². The van der Waals surface area contributed by atoms with E-state index in [1.54, 1.807) is 7.11 Å². The highest BCUT2D eigenvalue weighted by atomic mass is 32.2. The molecule has 1 rings (SSSR count). The Labute approximate surface area is 85.0 Å². The molecule has 4 heteroatoms. The number of rotatable bonds is 4. The van der Waals surface area contributed by atoms with E-state index in [-0.39, 0.29) is 6.04 Å². The summed E-state index contributed by atoms with van der Waals surface area (Å²) in [7, 11) is 1.71. The molecular weight excluding hydrogens is 184 g/mol. The number of hydrogen-bond acceptors (Lipinski definition) is 4. The van der Waals surface area contributed by atoms with Gasteiger partial charge in [0.25, 0.3) is 0 Å². The van der Waals surface area contributed by atoms with Gasteiger partial charge in [0.15, 0.2) is 0 Å². The zero-order valence-corrected chi connectivity index (χ0v) is 9.18. The third-order valence-corrected chi connectivity index (χ3v) is 3.24. The van der Waals surface area contributed by atoms with Crippen molar-refractivity contribution in [2.24, 2.45) is 5.73 Å². The summed E-state index contributed by atoms with van der Waals surface area (Å²) in [4.78, 5) is 2.45. The quantitative estimate of drug-likeness (QED) is 0.719. The number of thioether (sulfide) groups is 1. The fraction of sp³-hybridized carbons (Fsp3) is 1.00. The molecule has 78 valence electrons. The second kappa shape index (κ2) is 6.65. The van der Waals surface area contributed by atoms with Crippen LogP contribution in [0.4, 0.5) is 0 Å². The highest BCUT2D eigenvalue weighted by Crippen LogP contribution is 2.09. The summed E-state index contributed by atoms with van der Waals surface area (Å²) in [6.45, 7) is 4.03. The van der Waals surface area contributed by atoms with Crippen LogP contribution in [-0.2, 0) is 4.74 Å². The third-order valence-electron chi connectivity index (χ3n) is 2.19. The third kappa shape index (κ3) is 4.86. The van der Waals surface area contributed by atoms with E-state index in [4.69, 9.17) is 10.5 Å². The lowest BCUT2D eigenvalue weighted by atomic mass is 10.3. The topological polar surface area (TPSA) is 38.5 Å². The smallest absolute Gasteiger partial charge is 0.0626 e. The van der Waals surface area contributed by atoms with Gasteiger partial charge in [0, 0.05) is 32.0 Å². The van der Waals surface area contributed by atoms with Gasteiger partial charge in [0.1, 0.15) is 0 Å². The SMILES string of the molecule is COCC(N)CN1CCCSCC1. The summed E-state index contributed by atoms with van der Waals surface area (Å²) in [5, 5.41) is 0. The van der Waals surface area contributed by atoms with Crippen LogP contribution in [-0.4, -0.2) is 55.8 Å². The molecule has 0 spiro atoms. The number of ether oxygens (including phenoxy) is 1. The molecule has 1 atom stereocenters. The number of nitrogens with zero attached hydrogens (tertiary/aromatic N) is 1. The van der Waals surface area contributed by atoms with Gasteiger partial charge in [-0.1, -0.05) is 0 Å². The van der Waals surface area contributed by atoms with Crippen LogP contribution in [0.1, 0.15) is 6.42 Å². The fourth-order valence-electron chi connectivity index (χ4n) is 1.58. The highest BCUT2D eigenvalue weighted by Gasteiger charge is 2.12. The molecule has 1 unspecified atom stereocenters. The summed E-state index contributed by atoms with van der Waals surface area (Å²) in [6, 6.07) is 0.174. The van der Waals surface area contributed by atoms with Crippen molar-refractivity contribution in [1.29, 1.82) is 0 Å². The first kappa shape index (κ1) is 11.3. The van der Waals surface area contributed by atoms with Crippen LogP contribution in [0.2, 0.25) is 0 Å². The van der Waals surface area contributed by atoms with Gasteiger partial charge < -0.3 is 15.4 Å². The first-order valence-corrected chi connectivity index (χ1v) is 6.03. The molecule has 0 amide bonds. The van der Waals surface area contributed by atoms with E-state index in [2.05, 4.69) is 4.90 Å². The van der Waals surface area contributed by atoms with Gasteiger partial charge >= 0.3 is 0 Å². The summed E-state index contributed by atoms with van der Waals surface area (Å²) >= 11 is 2.05. The van der Waals surface area contributed by atoms with E-state index >= 15 is 0 Å². The molecule has 0 aromatic rings. The summed E-state index contributed by atoms with van der Waals surface area (Å²) in [5.41, 5.74) is 5.89. The van der Waals surface area contributed by atoms with Crippen molar-refractivity contribution in [1.82, 2.24) is 4.90 Å². The molecule has 0 aromatic carbocycles. The molecule has 0 radical (unpaired) electrons. The zero-order chi connectivity index (χ0) is 9.52. The van der Waals surface area contributed by atoms with Crippen LogP contribution in [0.3, 0.4) is 0 Å². The molecular formula is C9H20N2OS. The Kier molecular flexibility index (Phi) is 5.78. The van der Waals surface area contributed by atoms with Crippen molar-refractivity contribution >= 4 is 11.8 Å². The summed E-state index contributed by atoms with van der Waals surface area (Å²) in [5.74, 6) is 2.55. The molecule has 13 heavy (non-hydrogen) atoms. The molecule has 1 aliphatic heterocycles. The Hall–Kier alpha value is 0.230. The lowest BCUT2D eigenvalue weighted by molar-refractivity contribution is 0.156. The Balaban J connectivity index is 2.17. The van der Waals surface area contributed by atoms with Crippen molar-refractivity contribution in [3.63, 3.8) is 0 Å². The molecule has 0 saturated carbocycles. The van der Waals surface area contributed by atoms with Crippen LogP contribution < -0.4 is 5.73 Å². The first-order valence-electron chi connectivity index (χ1n) is 4.87. The van der Waals surface area contributed by atoms with Crippen molar-refractivity contribution in [2.45, 2.75) is 12.5 Å². The fourth-order valence-corrected chi connectivity index (χ4v) is 2.50. The average molecular weight is 204 g/mol. The van der Waals surface area contributed by atoms with Crippen LogP contribution in [0.15, 0.2) is 0 Å². The van der Waals surface area contributed by atoms with Gasteiger partial charge in [-0.2, -0.15) is 11.8 Å². The second-order valence-corrected chi connectivity index (χ2v) is 4.71. The molecule has 0 bridgehead atoms. The first-order chi connectivity index (χ1) is 6.33. The van der Waals surface area contributed by atoms with Crippen LogP contribution in [0.5, 0.6) is 0 Å². The monoisotopic (exact) mass is 204 g/mol. The van der Waals surface area contributed by atoms with E-state index in [0.29, 0.717) is 6.61 Å². The number of nitrogens with two attached hydrogens (primary N) is 1. The van der Waals surface area contributed by atoms with E-state index in [1.165, 1.54) is 31.0 Å². The lowest BCUT2D eigenvalue weighted by Crippen LogP contribution is -2.41. The van der Waals surface area contributed by atoms with E-state index < -0.39 is 0 Å². The minimum Gasteiger partial charge on any atom is -0.383 e. The van der Waals surface area contributed by atoms with Crippen LogP contribution >= 0.6 is 11.8 Å². The molecule has 3 nitrogen and oxygen atoms in total. The zero-order valence-electron chi connectivity index (χ0n) is 8.37. The molecule has 0 aromatic heterocycles. The van der Waals surface area contributed by atoms with Gasteiger partial charge in [-0.3, -0.25) is 0 Å². The maximum Gasteiger partial charge on any atom is 0.0626 e. The van der Waals surface area contributed by atoms with Gasteiger partial charge in [-0.25, -0.2) is 0 Å². The minimum absolute atomic E-state index is 0.174. The maximum atomic E-state index is 5.89. The predicted molar refractivity (Wildman–Crippen MR) is 58.2 cm³/mol. The maximum absolute atomic E-state index is 5.89. The molecule has 0 aliphatic carbocycles. The molecule has 1 saturated heterocycles. The van der Waals surface area contributed by atoms with Gasteiger partial charge in [-0.15, -0.1) is 0 Å². The molecule has 1 heterocycles. The number of methoxy groups -OCH3 is 1. The Morgan fingerprint density at radius 1 is 1.46 bits per heavy atom. The molecule has 1 fully saturated rings. The molecule has 2 N–H and O–H groups in total. The van der Waals surface area contributed by atoms with Crippen molar-refractivity contribution in [2.75, 3.05) is 44.9 Å². The number of hydrogen-bond donors (Lipinski definition) is 1. The van der Waals surface area contributed by atoms with Crippen molar-refractivity contribution in [3.05, 3.63) is 0 Å². The summed E-state index contributed by atoms with van der Waals surface area (Å²) < 4.78 is 5.02. The Morgan fingerprint density at radius 2 is 2.31 bits per heavy atom. The average Bonchev–Trinajstić information content (AvgIpc) is 2.33. The Morgan fingerprint density at radius 3 is 3.08 bits per heavy atom. The van der Waals surface area contributed by atoms with Gasteiger partial charge in [0.05, 0.1) is 6.61 Å². The lowest BCUT2D eigenvalue weighted by Gasteiger charge is -2.22. The van der Waals surface area contributed by atoms with Crippen molar-refractivity contribution < 1.29 is 4.74 Å². The van der Waals surface area contributed by atoms with E-state index in [0.717, 1.165) is 6.54 Å². The molecule has 1 aliphatic rings. The van der Waals surface area contributed by atoms with Crippen LogP contribution in [0.25, 0.3) is 0 Å². The van der Waals surface area contributed by atoms with Gasteiger partial charge in [-0.05, 0) is 18.7 Å². The van der Waals surface area contributed by atoms with E-state index in [9.17, 15) is 0 Å². The Bertz CT molecular complexity index is 127.